The third-order valence-corrected chi connectivity index (χ3v) is 2.42. The van der Waals surface area contributed by atoms with Crippen molar-refractivity contribution in [3.05, 3.63) is 29.3 Å². The zero-order valence-corrected chi connectivity index (χ0v) is 10.6. The molecule has 0 saturated carbocycles. The predicted octanol–water partition coefficient (Wildman–Crippen LogP) is 1.60. The molecule has 4 nitrogen and oxygen atoms in total. The van der Waals surface area contributed by atoms with Gasteiger partial charge in [0, 0.05) is 0 Å². The Morgan fingerprint density at radius 3 is 2.71 bits per heavy atom. The van der Waals surface area contributed by atoms with Crippen molar-refractivity contribution in [3.8, 4) is 5.75 Å². The van der Waals surface area contributed by atoms with Crippen LogP contribution in [-0.2, 0) is 4.79 Å². The normalized spacial score (nSPS) is 13.9. The van der Waals surface area contributed by atoms with E-state index in [0.717, 1.165) is 0 Å². The lowest BCUT2D eigenvalue weighted by atomic mass is 10.3. The van der Waals surface area contributed by atoms with Crippen molar-refractivity contribution >= 4 is 17.5 Å². The van der Waals surface area contributed by atoms with Crippen LogP contribution in [0.2, 0.25) is 5.02 Å². The van der Waals surface area contributed by atoms with Gasteiger partial charge in [-0.1, -0.05) is 23.7 Å². The summed E-state index contributed by atoms with van der Waals surface area (Å²) < 4.78 is 5.55. The maximum atomic E-state index is 11.1. The van der Waals surface area contributed by atoms with Crippen LogP contribution < -0.4 is 10.1 Å². The molecule has 2 atom stereocenters. The Kier molecular flexibility index (Phi) is 5.25. The zero-order valence-electron chi connectivity index (χ0n) is 9.81. The van der Waals surface area contributed by atoms with Gasteiger partial charge < -0.3 is 15.2 Å². The van der Waals surface area contributed by atoms with E-state index in [4.69, 9.17) is 21.4 Å². The number of aliphatic hydroxyl groups excluding tert-OH is 1. The maximum Gasteiger partial charge on any atom is 0.248 e. The summed E-state index contributed by atoms with van der Waals surface area (Å²) in [5.74, 6) is 0.160. The molecule has 0 bridgehead atoms. The van der Waals surface area contributed by atoms with E-state index in [1.807, 2.05) is 19.1 Å². The monoisotopic (exact) mass is 257 g/mol. The minimum absolute atomic E-state index is 0.224. The minimum atomic E-state index is -1.01. The molecule has 0 radical (unpaired) electrons. The summed E-state index contributed by atoms with van der Waals surface area (Å²) >= 11 is 5.93. The predicted molar refractivity (Wildman–Crippen MR) is 66.2 cm³/mol. The number of hydrogen-bond donors (Lipinski definition) is 2. The standard InChI is InChI=1S/C12H16ClNO3/c1-8(7-14-12(16)9(2)15)17-11-6-4-3-5-10(11)13/h3-6,8-9,15H,7H2,1-2H3,(H,14,16). The number of halogens is 1. The van der Waals surface area contributed by atoms with Crippen LogP contribution >= 0.6 is 11.6 Å². The molecule has 2 N–H and O–H groups in total. The molecule has 0 aliphatic carbocycles. The lowest BCUT2D eigenvalue weighted by Gasteiger charge is -2.16. The highest BCUT2D eigenvalue weighted by atomic mass is 35.5. The van der Waals surface area contributed by atoms with Crippen LogP contribution in [0.3, 0.4) is 0 Å². The third kappa shape index (κ3) is 4.63. The van der Waals surface area contributed by atoms with E-state index >= 15 is 0 Å². The van der Waals surface area contributed by atoms with Gasteiger partial charge in [-0.25, -0.2) is 0 Å². The number of amides is 1. The van der Waals surface area contributed by atoms with Crippen molar-refractivity contribution in [3.63, 3.8) is 0 Å². The average molecular weight is 258 g/mol. The van der Waals surface area contributed by atoms with Crippen molar-refractivity contribution < 1.29 is 14.6 Å². The van der Waals surface area contributed by atoms with Crippen LogP contribution in [0.1, 0.15) is 13.8 Å². The number of nitrogens with one attached hydrogen (secondary N) is 1. The van der Waals surface area contributed by atoms with Gasteiger partial charge in [0.2, 0.25) is 5.91 Å². The smallest absolute Gasteiger partial charge is 0.248 e. The molecule has 94 valence electrons. The lowest BCUT2D eigenvalue weighted by Crippen LogP contribution is -2.38. The van der Waals surface area contributed by atoms with Gasteiger partial charge >= 0.3 is 0 Å². The van der Waals surface area contributed by atoms with Crippen LogP contribution in [0.25, 0.3) is 0 Å². The van der Waals surface area contributed by atoms with Crippen molar-refractivity contribution in [2.75, 3.05) is 6.54 Å². The van der Waals surface area contributed by atoms with Crippen molar-refractivity contribution in [1.29, 1.82) is 0 Å². The maximum absolute atomic E-state index is 11.1. The highest BCUT2D eigenvalue weighted by Gasteiger charge is 2.11. The first kappa shape index (κ1) is 13.8. The molecule has 1 rings (SSSR count). The fourth-order valence-electron chi connectivity index (χ4n) is 1.19. The SMILES string of the molecule is CC(CNC(=O)C(C)O)Oc1ccccc1Cl. The number of hydrogen-bond acceptors (Lipinski definition) is 3. The van der Waals surface area contributed by atoms with Crippen LogP contribution in [0.4, 0.5) is 0 Å². The summed E-state index contributed by atoms with van der Waals surface area (Å²) in [4.78, 5) is 11.1. The Morgan fingerprint density at radius 2 is 2.12 bits per heavy atom. The Balaban J connectivity index is 2.43. The van der Waals surface area contributed by atoms with Gasteiger partial charge in [0.05, 0.1) is 11.6 Å². The molecule has 17 heavy (non-hydrogen) atoms. The summed E-state index contributed by atoms with van der Waals surface area (Å²) in [5, 5.41) is 12.1. The fourth-order valence-corrected chi connectivity index (χ4v) is 1.37. The number of carbonyl (C=O) groups is 1. The van der Waals surface area contributed by atoms with E-state index in [9.17, 15) is 4.79 Å². The first-order chi connectivity index (χ1) is 8.00. The van der Waals surface area contributed by atoms with Crippen LogP contribution in [0, 0.1) is 0 Å². The van der Waals surface area contributed by atoms with Gasteiger partial charge in [-0.2, -0.15) is 0 Å². The number of aliphatic hydroxyl groups is 1. The molecule has 0 saturated heterocycles. The molecule has 0 aromatic heterocycles. The molecule has 1 amide bonds. The van der Waals surface area contributed by atoms with E-state index in [2.05, 4.69) is 5.32 Å². The second kappa shape index (κ2) is 6.47. The van der Waals surface area contributed by atoms with Crippen LogP contribution in [-0.4, -0.2) is 29.8 Å². The number of ether oxygens (including phenoxy) is 1. The van der Waals surface area contributed by atoms with E-state index in [0.29, 0.717) is 17.3 Å². The Hall–Kier alpha value is -1.26. The van der Waals surface area contributed by atoms with Crippen molar-refractivity contribution in [1.82, 2.24) is 5.32 Å². The molecule has 2 unspecified atom stereocenters. The number of carbonyl (C=O) groups excluding carboxylic acids is 1. The van der Waals surface area contributed by atoms with Crippen LogP contribution in [0.5, 0.6) is 5.75 Å². The molecule has 5 heteroatoms. The van der Waals surface area contributed by atoms with Crippen molar-refractivity contribution in [2.45, 2.75) is 26.1 Å². The largest absolute Gasteiger partial charge is 0.487 e. The van der Waals surface area contributed by atoms with E-state index in [1.165, 1.54) is 6.92 Å². The number of para-hydroxylation sites is 1. The molecule has 0 aliphatic rings. The zero-order chi connectivity index (χ0) is 12.8. The molecule has 0 spiro atoms. The molecule has 1 aromatic rings. The topological polar surface area (TPSA) is 58.6 Å². The van der Waals surface area contributed by atoms with Crippen molar-refractivity contribution in [2.24, 2.45) is 0 Å². The van der Waals surface area contributed by atoms with Gasteiger partial charge in [0.15, 0.2) is 0 Å². The number of benzene rings is 1. The third-order valence-electron chi connectivity index (χ3n) is 2.11. The second-order valence-corrected chi connectivity index (χ2v) is 4.19. The quantitative estimate of drug-likeness (QED) is 0.843. The molecule has 1 aromatic carbocycles. The van der Waals surface area contributed by atoms with Gasteiger partial charge in [-0.3, -0.25) is 4.79 Å². The van der Waals surface area contributed by atoms with E-state index in [1.54, 1.807) is 12.1 Å². The summed E-state index contributed by atoms with van der Waals surface area (Å²) in [7, 11) is 0. The van der Waals surface area contributed by atoms with Gasteiger partial charge in [-0.05, 0) is 26.0 Å². The van der Waals surface area contributed by atoms with Gasteiger partial charge in [0.25, 0.3) is 0 Å². The summed E-state index contributed by atoms with van der Waals surface area (Å²) in [6.45, 7) is 3.54. The fraction of sp³-hybridized carbons (Fsp3) is 0.417. The highest BCUT2D eigenvalue weighted by Crippen LogP contribution is 2.23. The molecule has 0 heterocycles. The lowest BCUT2D eigenvalue weighted by molar-refractivity contribution is -0.128. The molecular weight excluding hydrogens is 242 g/mol. The number of rotatable bonds is 5. The molecule has 0 aliphatic heterocycles. The minimum Gasteiger partial charge on any atom is -0.487 e. The first-order valence-electron chi connectivity index (χ1n) is 5.37. The van der Waals surface area contributed by atoms with Gasteiger partial charge in [-0.15, -0.1) is 0 Å². The average Bonchev–Trinajstić information content (AvgIpc) is 2.29. The van der Waals surface area contributed by atoms with E-state index < -0.39 is 12.0 Å². The second-order valence-electron chi connectivity index (χ2n) is 3.78. The summed E-state index contributed by atoms with van der Waals surface area (Å²) in [6.07, 6.45) is -1.24. The van der Waals surface area contributed by atoms with Gasteiger partial charge in [0.1, 0.15) is 18.0 Å². The van der Waals surface area contributed by atoms with Crippen LogP contribution in [0.15, 0.2) is 24.3 Å². The molecule has 0 fully saturated rings. The summed E-state index contributed by atoms with van der Waals surface area (Å²) in [5.41, 5.74) is 0. The Bertz CT molecular complexity index is 382. The summed E-state index contributed by atoms with van der Waals surface area (Å²) in [6, 6.07) is 7.13. The Labute approximate surface area is 106 Å². The highest BCUT2D eigenvalue weighted by molar-refractivity contribution is 6.32. The Morgan fingerprint density at radius 1 is 1.47 bits per heavy atom. The first-order valence-corrected chi connectivity index (χ1v) is 5.75. The molecular formula is C12H16ClNO3. The van der Waals surface area contributed by atoms with E-state index in [-0.39, 0.29) is 6.10 Å².